The number of carbonyl (C=O) groups is 1. The fraction of sp³-hybridized carbons (Fsp3) is 0.294. The highest BCUT2D eigenvalue weighted by atomic mass is 79.9. The Hall–Kier alpha value is -2.33. The van der Waals surface area contributed by atoms with Crippen LogP contribution in [0, 0.1) is 24.1 Å². The smallest absolute Gasteiger partial charge is 0.338 e. The Morgan fingerprint density at radius 3 is 2.75 bits per heavy atom. The molecule has 0 spiro atoms. The number of hydrogen-bond acceptors (Lipinski definition) is 5. The lowest BCUT2D eigenvalue weighted by Crippen LogP contribution is -2.26. The lowest BCUT2D eigenvalue weighted by molar-refractivity contribution is -0.139. The Bertz CT molecular complexity index is 809. The first-order chi connectivity index (χ1) is 11.3. The summed E-state index contributed by atoms with van der Waals surface area (Å²) < 4.78 is 24.6. The fourth-order valence-electron chi connectivity index (χ4n) is 2.57. The number of halogens is 2. The Morgan fingerprint density at radius 2 is 2.17 bits per heavy atom. The van der Waals surface area contributed by atoms with Gasteiger partial charge in [-0.2, -0.15) is 5.26 Å². The average Bonchev–Trinajstić information content (AvgIpc) is 2.50. The van der Waals surface area contributed by atoms with Crippen LogP contribution >= 0.6 is 15.9 Å². The SMILES string of the molecule is CCOC(=O)C1=C(C)OC(N)=C(C#N)C1c1cc(C)c(F)cc1Br. The number of rotatable bonds is 3. The molecule has 1 aromatic rings. The summed E-state index contributed by atoms with van der Waals surface area (Å²) in [7, 11) is 0. The minimum absolute atomic E-state index is 0.0790. The zero-order chi connectivity index (χ0) is 18.0. The van der Waals surface area contributed by atoms with E-state index in [-0.39, 0.29) is 29.4 Å². The van der Waals surface area contributed by atoms with Gasteiger partial charge in [-0.3, -0.25) is 0 Å². The van der Waals surface area contributed by atoms with Crippen molar-refractivity contribution in [2.75, 3.05) is 6.61 Å². The standard InChI is InChI=1S/C17H16BrFN2O3/c1-4-23-17(22)14-9(3)24-16(21)11(7-20)15(14)10-5-8(2)13(19)6-12(10)18/h5-6,15H,4,21H2,1-3H3. The van der Waals surface area contributed by atoms with E-state index in [2.05, 4.69) is 15.9 Å². The van der Waals surface area contributed by atoms with Crippen LogP contribution in [0.2, 0.25) is 0 Å². The van der Waals surface area contributed by atoms with E-state index in [4.69, 9.17) is 15.2 Å². The molecule has 2 rings (SSSR count). The molecule has 126 valence electrons. The first-order valence-electron chi connectivity index (χ1n) is 7.22. The van der Waals surface area contributed by atoms with Gasteiger partial charge in [-0.1, -0.05) is 22.0 Å². The predicted octanol–water partition coefficient (Wildman–Crippen LogP) is 3.54. The number of ether oxygens (including phenoxy) is 2. The third-order valence-corrected chi connectivity index (χ3v) is 4.38. The van der Waals surface area contributed by atoms with E-state index in [0.29, 0.717) is 15.6 Å². The first-order valence-corrected chi connectivity index (χ1v) is 8.02. The molecule has 1 unspecified atom stereocenters. The Balaban J connectivity index is 2.72. The van der Waals surface area contributed by atoms with Crippen molar-refractivity contribution in [3.63, 3.8) is 0 Å². The second-order valence-electron chi connectivity index (χ2n) is 5.24. The largest absolute Gasteiger partial charge is 0.463 e. The average molecular weight is 395 g/mol. The topological polar surface area (TPSA) is 85.3 Å². The van der Waals surface area contributed by atoms with Crippen LogP contribution in [0.3, 0.4) is 0 Å². The summed E-state index contributed by atoms with van der Waals surface area (Å²) in [5, 5.41) is 9.49. The van der Waals surface area contributed by atoms with Crippen molar-refractivity contribution in [1.82, 2.24) is 0 Å². The first kappa shape index (κ1) is 18.0. The van der Waals surface area contributed by atoms with Gasteiger partial charge in [-0.05, 0) is 38.0 Å². The van der Waals surface area contributed by atoms with Gasteiger partial charge >= 0.3 is 5.97 Å². The molecule has 1 atom stereocenters. The van der Waals surface area contributed by atoms with Gasteiger partial charge in [0.1, 0.15) is 23.2 Å². The molecule has 5 nitrogen and oxygen atoms in total. The summed E-state index contributed by atoms with van der Waals surface area (Å²) in [6, 6.07) is 4.86. The number of esters is 1. The van der Waals surface area contributed by atoms with E-state index in [0.717, 1.165) is 0 Å². The maximum Gasteiger partial charge on any atom is 0.338 e. The van der Waals surface area contributed by atoms with Gasteiger partial charge in [0.25, 0.3) is 0 Å². The van der Waals surface area contributed by atoms with E-state index in [9.17, 15) is 14.4 Å². The maximum atomic E-state index is 13.8. The van der Waals surface area contributed by atoms with Crippen molar-refractivity contribution in [2.45, 2.75) is 26.7 Å². The molecule has 0 saturated carbocycles. The van der Waals surface area contributed by atoms with Gasteiger partial charge in [0.15, 0.2) is 0 Å². The van der Waals surface area contributed by atoms with Gasteiger partial charge < -0.3 is 15.2 Å². The molecule has 1 heterocycles. The quantitative estimate of drug-likeness (QED) is 0.792. The Morgan fingerprint density at radius 1 is 1.50 bits per heavy atom. The molecule has 0 fully saturated rings. The zero-order valence-corrected chi connectivity index (χ0v) is 15.0. The Kier molecular flexibility index (Phi) is 5.30. The molecule has 0 aromatic heterocycles. The number of nitriles is 1. The number of allylic oxidation sites excluding steroid dienone is 2. The molecule has 1 aliphatic heterocycles. The minimum atomic E-state index is -0.795. The lowest BCUT2D eigenvalue weighted by atomic mass is 9.82. The van der Waals surface area contributed by atoms with Gasteiger partial charge in [0.2, 0.25) is 5.88 Å². The highest BCUT2D eigenvalue weighted by Crippen LogP contribution is 2.42. The third kappa shape index (κ3) is 3.15. The van der Waals surface area contributed by atoms with Crippen LogP contribution in [0.15, 0.2) is 39.4 Å². The van der Waals surface area contributed by atoms with Gasteiger partial charge in [0, 0.05) is 4.47 Å². The second kappa shape index (κ2) is 7.05. The summed E-state index contributed by atoms with van der Waals surface area (Å²) in [5.41, 5.74) is 7.00. The summed E-state index contributed by atoms with van der Waals surface area (Å²) >= 11 is 3.30. The molecule has 0 radical (unpaired) electrons. The molecule has 0 bridgehead atoms. The van der Waals surface area contributed by atoms with Crippen LogP contribution in [0.1, 0.15) is 30.9 Å². The molecule has 7 heteroatoms. The van der Waals surface area contributed by atoms with E-state index in [1.807, 2.05) is 6.07 Å². The van der Waals surface area contributed by atoms with Crippen LogP contribution in [0.25, 0.3) is 0 Å². The van der Waals surface area contributed by atoms with E-state index < -0.39 is 17.7 Å². The van der Waals surface area contributed by atoms with E-state index in [1.165, 1.54) is 6.07 Å². The van der Waals surface area contributed by atoms with Crippen LogP contribution in [-0.2, 0) is 14.3 Å². The number of nitrogens with two attached hydrogens (primary N) is 1. The van der Waals surface area contributed by atoms with Gasteiger partial charge in [-0.15, -0.1) is 0 Å². The maximum absolute atomic E-state index is 13.8. The summed E-state index contributed by atoms with van der Waals surface area (Å²) in [5.74, 6) is -1.62. The zero-order valence-electron chi connectivity index (χ0n) is 13.4. The number of aryl methyl sites for hydroxylation is 1. The highest BCUT2D eigenvalue weighted by Gasteiger charge is 2.37. The molecule has 1 aromatic carbocycles. The Labute approximate surface area is 147 Å². The molecular weight excluding hydrogens is 379 g/mol. The molecule has 0 aliphatic carbocycles. The van der Waals surface area contributed by atoms with E-state index in [1.54, 1.807) is 26.8 Å². The minimum Gasteiger partial charge on any atom is -0.463 e. The molecular formula is C17H16BrFN2O3. The van der Waals surface area contributed by atoms with Crippen LogP contribution < -0.4 is 5.73 Å². The third-order valence-electron chi connectivity index (χ3n) is 3.69. The predicted molar refractivity (Wildman–Crippen MR) is 88.8 cm³/mol. The second-order valence-corrected chi connectivity index (χ2v) is 6.09. The van der Waals surface area contributed by atoms with Crippen molar-refractivity contribution in [2.24, 2.45) is 5.73 Å². The summed E-state index contributed by atoms with van der Waals surface area (Å²) in [6.07, 6.45) is 0. The molecule has 2 N–H and O–H groups in total. The fourth-order valence-corrected chi connectivity index (χ4v) is 3.11. The number of carbonyl (C=O) groups excluding carboxylic acids is 1. The molecule has 0 saturated heterocycles. The van der Waals surface area contributed by atoms with Crippen LogP contribution in [-0.4, -0.2) is 12.6 Å². The monoisotopic (exact) mass is 394 g/mol. The highest BCUT2D eigenvalue weighted by molar-refractivity contribution is 9.10. The van der Waals surface area contributed by atoms with Crippen molar-refractivity contribution in [1.29, 1.82) is 5.26 Å². The lowest BCUT2D eigenvalue weighted by Gasteiger charge is -2.27. The van der Waals surface area contributed by atoms with Crippen LogP contribution in [0.4, 0.5) is 4.39 Å². The molecule has 24 heavy (non-hydrogen) atoms. The summed E-state index contributed by atoms with van der Waals surface area (Å²) in [4.78, 5) is 12.4. The van der Waals surface area contributed by atoms with Crippen molar-refractivity contribution < 1.29 is 18.7 Å². The molecule has 1 aliphatic rings. The number of benzene rings is 1. The normalized spacial score (nSPS) is 17.4. The van der Waals surface area contributed by atoms with Crippen molar-refractivity contribution in [3.05, 3.63) is 56.3 Å². The number of nitrogens with zero attached hydrogens (tertiary/aromatic N) is 1. The van der Waals surface area contributed by atoms with E-state index >= 15 is 0 Å². The van der Waals surface area contributed by atoms with Crippen molar-refractivity contribution >= 4 is 21.9 Å². The van der Waals surface area contributed by atoms with Gasteiger partial charge in [-0.25, -0.2) is 9.18 Å². The summed E-state index contributed by atoms with van der Waals surface area (Å²) in [6.45, 7) is 5.03. The van der Waals surface area contributed by atoms with Crippen molar-refractivity contribution in [3.8, 4) is 6.07 Å². The number of hydrogen-bond donors (Lipinski definition) is 1. The molecule has 0 amide bonds. The van der Waals surface area contributed by atoms with Gasteiger partial charge in [0.05, 0.1) is 18.1 Å². The van der Waals surface area contributed by atoms with Crippen LogP contribution in [0.5, 0.6) is 0 Å².